The molecule has 7 nitrogen and oxygen atoms in total. The molecule has 1 amide bonds. The maximum Gasteiger partial charge on any atom is 0.252 e. The molecule has 3 N–H and O–H groups in total. The lowest BCUT2D eigenvalue weighted by molar-refractivity contribution is -0.115. The van der Waals surface area contributed by atoms with E-state index in [0.29, 0.717) is 22.8 Å². The number of phenolic OH excluding ortho intramolecular Hbond substituents is 1. The van der Waals surface area contributed by atoms with Gasteiger partial charge in [0.2, 0.25) is 5.75 Å². The summed E-state index contributed by atoms with van der Waals surface area (Å²) in [6.07, 6.45) is 2.06. The molecule has 0 radical (unpaired) electrons. The maximum atomic E-state index is 13.8. The minimum absolute atomic E-state index is 0.0195. The number of carbonyl (C=O) groups is 2. The molecule has 150 valence electrons. The highest BCUT2D eigenvalue weighted by Gasteiger charge is 2.23. The number of likely N-dealkylation sites (N-methyl/N-ethyl adjacent to an activating group) is 1. The number of H-pyrrole nitrogens is 1. The molecule has 29 heavy (non-hydrogen) atoms. The average Bonchev–Trinajstić information content (AvgIpc) is 3.14. The second-order valence-electron chi connectivity index (χ2n) is 6.11. The van der Waals surface area contributed by atoms with Gasteiger partial charge in [0.1, 0.15) is 5.82 Å². The van der Waals surface area contributed by atoms with Crippen LogP contribution in [0.3, 0.4) is 0 Å². The third-order valence-corrected chi connectivity index (χ3v) is 4.55. The summed E-state index contributed by atoms with van der Waals surface area (Å²) in [6.45, 7) is 0. The Hall–Kier alpha value is -3.81. The van der Waals surface area contributed by atoms with Crippen molar-refractivity contribution in [3.05, 3.63) is 53.5 Å². The smallest absolute Gasteiger partial charge is 0.252 e. The molecule has 1 aromatic heterocycles. The van der Waals surface area contributed by atoms with Crippen molar-refractivity contribution < 1.29 is 28.6 Å². The number of rotatable bonds is 6. The fourth-order valence-electron chi connectivity index (χ4n) is 3.13. The number of halogens is 1. The summed E-state index contributed by atoms with van der Waals surface area (Å²) in [6, 6.07) is 6.95. The summed E-state index contributed by atoms with van der Waals surface area (Å²) < 4.78 is 24.1. The van der Waals surface area contributed by atoms with Crippen LogP contribution in [-0.4, -0.2) is 43.6 Å². The number of hydrogen-bond acceptors (Lipinski definition) is 5. The molecule has 0 aliphatic heterocycles. The quantitative estimate of drug-likeness (QED) is 0.438. The number of fused-ring (bicyclic) bond motifs is 1. The van der Waals surface area contributed by atoms with Crippen LogP contribution in [0.15, 0.2) is 36.5 Å². The summed E-state index contributed by atoms with van der Waals surface area (Å²) in [7, 11) is 4.13. The molecule has 0 saturated heterocycles. The van der Waals surface area contributed by atoms with Gasteiger partial charge in [0.25, 0.3) is 5.91 Å². The van der Waals surface area contributed by atoms with Crippen molar-refractivity contribution in [3.8, 4) is 17.2 Å². The van der Waals surface area contributed by atoms with Crippen LogP contribution < -0.4 is 14.8 Å². The largest absolute Gasteiger partial charge is 0.502 e. The number of ether oxygens (including phenoxy) is 2. The third kappa shape index (κ3) is 3.52. The minimum Gasteiger partial charge on any atom is -0.502 e. The van der Waals surface area contributed by atoms with Crippen LogP contribution in [0.25, 0.3) is 22.0 Å². The molecule has 0 fully saturated rings. The van der Waals surface area contributed by atoms with E-state index in [9.17, 15) is 19.1 Å². The summed E-state index contributed by atoms with van der Waals surface area (Å²) in [5.74, 6) is -1.11. The van der Waals surface area contributed by atoms with E-state index in [1.807, 2.05) is 0 Å². The van der Waals surface area contributed by atoms with Gasteiger partial charge in [-0.15, -0.1) is 0 Å². The van der Waals surface area contributed by atoms with E-state index >= 15 is 0 Å². The van der Waals surface area contributed by atoms with Gasteiger partial charge >= 0.3 is 0 Å². The van der Waals surface area contributed by atoms with E-state index in [1.54, 1.807) is 6.07 Å². The Balaban J connectivity index is 2.37. The van der Waals surface area contributed by atoms with Crippen LogP contribution in [0.1, 0.15) is 11.1 Å². The Bertz CT molecular complexity index is 1110. The van der Waals surface area contributed by atoms with Gasteiger partial charge in [-0.2, -0.15) is 0 Å². The summed E-state index contributed by atoms with van der Waals surface area (Å²) >= 11 is 0. The molecule has 8 heteroatoms. The molecule has 0 aliphatic carbocycles. The zero-order valence-electron chi connectivity index (χ0n) is 16.0. The molecule has 0 spiro atoms. The topological polar surface area (TPSA) is 101 Å². The second kappa shape index (κ2) is 8.05. The van der Waals surface area contributed by atoms with Gasteiger partial charge in [-0.25, -0.2) is 4.39 Å². The van der Waals surface area contributed by atoms with E-state index in [2.05, 4.69) is 10.3 Å². The number of amides is 1. The fourth-order valence-corrected chi connectivity index (χ4v) is 3.13. The van der Waals surface area contributed by atoms with Crippen molar-refractivity contribution in [1.29, 1.82) is 0 Å². The number of phenols is 1. The van der Waals surface area contributed by atoms with Crippen LogP contribution >= 0.6 is 0 Å². The Morgan fingerprint density at radius 3 is 2.38 bits per heavy atom. The summed E-state index contributed by atoms with van der Waals surface area (Å²) in [4.78, 5) is 27.8. The van der Waals surface area contributed by atoms with Gasteiger partial charge < -0.3 is 24.9 Å². The van der Waals surface area contributed by atoms with Crippen molar-refractivity contribution >= 4 is 34.2 Å². The third-order valence-electron chi connectivity index (χ3n) is 4.55. The van der Waals surface area contributed by atoms with Crippen molar-refractivity contribution in [3.63, 3.8) is 0 Å². The van der Waals surface area contributed by atoms with Crippen molar-refractivity contribution in [2.24, 2.45) is 0 Å². The van der Waals surface area contributed by atoms with E-state index < -0.39 is 11.7 Å². The monoisotopic (exact) mass is 398 g/mol. The number of hydrogen-bond donors (Lipinski definition) is 3. The Morgan fingerprint density at radius 1 is 1.17 bits per heavy atom. The number of nitrogens with one attached hydrogen (secondary N) is 2. The van der Waals surface area contributed by atoms with Crippen LogP contribution in [0.2, 0.25) is 0 Å². The highest BCUT2D eigenvalue weighted by Crippen LogP contribution is 2.40. The van der Waals surface area contributed by atoms with Crippen molar-refractivity contribution in [2.75, 3.05) is 21.3 Å². The highest BCUT2D eigenvalue weighted by molar-refractivity contribution is 6.37. The number of benzene rings is 2. The number of allylic oxidation sites excluding steroid dienone is 1. The van der Waals surface area contributed by atoms with Crippen molar-refractivity contribution in [1.82, 2.24) is 10.3 Å². The SMILES string of the molecule is CNC(=O)/C(=C(\C=O)c1cc(OC)c(O)c(OC)c1)c1c[nH]c2ccc(F)cc12. The molecule has 3 aromatic rings. The van der Waals surface area contributed by atoms with E-state index in [4.69, 9.17) is 9.47 Å². The molecule has 0 atom stereocenters. The molecular weight excluding hydrogens is 379 g/mol. The number of aromatic nitrogens is 1. The molecule has 0 bridgehead atoms. The lowest BCUT2D eigenvalue weighted by Gasteiger charge is -2.14. The van der Waals surface area contributed by atoms with Gasteiger partial charge in [-0.3, -0.25) is 9.59 Å². The van der Waals surface area contributed by atoms with Crippen LogP contribution in [0.4, 0.5) is 4.39 Å². The normalized spacial score (nSPS) is 11.7. The Labute approximate surface area is 165 Å². The first-order valence-corrected chi connectivity index (χ1v) is 8.59. The van der Waals surface area contributed by atoms with Gasteiger partial charge in [0.05, 0.1) is 19.8 Å². The Morgan fingerprint density at radius 2 is 1.83 bits per heavy atom. The molecule has 0 saturated carbocycles. The zero-order valence-corrected chi connectivity index (χ0v) is 16.0. The van der Waals surface area contributed by atoms with E-state index in [-0.39, 0.29) is 34.0 Å². The Kier molecular flexibility index (Phi) is 5.54. The molecule has 0 aliphatic rings. The molecule has 3 rings (SSSR count). The lowest BCUT2D eigenvalue weighted by Crippen LogP contribution is -2.20. The van der Waals surface area contributed by atoms with E-state index in [1.165, 1.54) is 51.7 Å². The average molecular weight is 398 g/mol. The first kappa shape index (κ1) is 19.9. The second-order valence-corrected chi connectivity index (χ2v) is 6.11. The molecule has 2 aromatic carbocycles. The molecular formula is C21H19FN2O5. The number of carbonyl (C=O) groups excluding carboxylic acids is 2. The van der Waals surface area contributed by atoms with Gasteiger partial charge in [0, 0.05) is 35.3 Å². The van der Waals surface area contributed by atoms with Gasteiger partial charge in [-0.05, 0) is 35.9 Å². The van der Waals surface area contributed by atoms with E-state index in [0.717, 1.165) is 0 Å². The summed E-state index contributed by atoms with van der Waals surface area (Å²) in [5.41, 5.74) is 1.30. The number of methoxy groups -OCH3 is 2. The predicted octanol–water partition coefficient (Wildman–Crippen LogP) is 2.89. The molecule has 0 unspecified atom stereocenters. The van der Waals surface area contributed by atoms with Gasteiger partial charge in [-0.1, -0.05) is 0 Å². The predicted molar refractivity (Wildman–Crippen MR) is 106 cm³/mol. The number of aldehydes is 1. The molecule has 1 heterocycles. The zero-order chi connectivity index (χ0) is 21.1. The fraction of sp³-hybridized carbons (Fsp3) is 0.143. The number of aromatic amines is 1. The van der Waals surface area contributed by atoms with Crippen molar-refractivity contribution in [2.45, 2.75) is 0 Å². The lowest BCUT2D eigenvalue weighted by atomic mass is 9.94. The first-order chi connectivity index (χ1) is 13.9. The standard InChI is InChI=1S/C21H19FN2O5/c1-23-21(27)19(14-9-24-16-5-4-12(22)8-13(14)16)15(10-25)11-6-17(28-2)20(26)18(7-11)29-3/h4-10,24,26H,1-3H3,(H,23,27)/b19-15+. The highest BCUT2D eigenvalue weighted by atomic mass is 19.1. The maximum absolute atomic E-state index is 13.8. The minimum atomic E-state index is -0.539. The first-order valence-electron chi connectivity index (χ1n) is 8.59. The van der Waals surface area contributed by atoms with Crippen LogP contribution in [0.5, 0.6) is 17.2 Å². The summed E-state index contributed by atoms with van der Waals surface area (Å²) in [5, 5.41) is 13.1. The van der Waals surface area contributed by atoms with Crippen LogP contribution in [-0.2, 0) is 9.59 Å². The van der Waals surface area contributed by atoms with Crippen LogP contribution in [0, 0.1) is 5.82 Å². The van der Waals surface area contributed by atoms with Gasteiger partial charge in [0.15, 0.2) is 17.8 Å². The number of aromatic hydroxyl groups is 1.